The van der Waals surface area contributed by atoms with Gasteiger partial charge in [-0.15, -0.1) is 0 Å². The molecule has 0 aliphatic heterocycles. The molecule has 0 saturated carbocycles. The molecule has 0 fully saturated rings. The van der Waals surface area contributed by atoms with E-state index in [4.69, 9.17) is 14.2 Å². The Hall–Kier alpha value is -0.650. The van der Waals surface area contributed by atoms with E-state index in [1.54, 1.807) is 13.8 Å². The highest BCUT2D eigenvalue weighted by Crippen LogP contribution is 2.00. The first-order valence-electron chi connectivity index (χ1n) is 6.28. The van der Waals surface area contributed by atoms with E-state index in [1.165, 1.54) is 0 Å². The lowest BCUT2D eigenvalue weighted by atomic mass is 10.3. The van der Waals surface area contributed by atoms with Gasteiger partial charge < -0.3 is 19.5 Å². The highest BCUT2D eigenvalue weighted by atomic mass is 16.7. The standard InChI is InChI=1S/C12H25NO4/c1-5-15-11(16-6-2)8-9-13-10(4)12(14)17-7-3/h10-11,13H,5-9H2,1-4H3. The van der Waals surface area contributed by atoms with Crippen molar-refractivity contribution in [3.8, 4) is 0 Å². The number of hydrogen-bond donors (Lipinski definition) is 1. The quantitative estimate of drug-likeness (QED) is 0.466. The molecule has 0 aromatic carbocycles. The highest BCUT2D eigenvalue weighted by molar-refractivity contribution is 5.75. The summed E-state index contributed by atoms with van der Waals surface area (Å²) in [6, 6.07) is -0.293. The predicted octanol–water partition coefficient (Wildman–Crippen LogP) is 1.32. The van der Waals surface area contributed by atoms with Crippen molar-refractivity contribution in [2.75, 3.05) is 26.4 Å². The molecule has 0 bridgehead atoms. The molecule has 17 heavy (non-hydrogen) atoms. The van der Waals surface area contributed by atoms with Gasteiger partial charge >= 0.3 is 5.97 Å². The minimum Gasteiger partial charge on any atom is -0.465 e. The summed E-state index contributed by atoms with van der Waals surface area (Å²) in [6.07, 6.45) is 0.512. The maximum atomic E-state index is 11.3. The van der Waals surface area contributed by atoms with Crippen LogP contribution in [-0.4, -0.2) is 44.7 Å². The Balaban J connectivity index is 3.74. The van der Waals surface area contributed by atoms with E-state index in [9.17, 15) is 4.79 Å². The summed E-state index contributed by atoms with van der Waals surface area (Å²) in [6.45, 7) is 9.76. The number of carbonyl (C=O) groups excluding carboxylic acids is 1. The van der Waals surface area contributed by atoms with Gasteiger partial charge in [0.25, 0.3) is 0 Å². The van der Waals surface area contributed by atoms with Crippen LogP contribution < -0.4 is 5.32 Å². The smallest absolute Gasteiger partial charge is 0.322 e. The second-order valence-electron chi connectivity index (χ2n) is 3.56. The maximum absolute atomic E-state index is 11.3. The molecule has 1 atom stereocenters. The topological polar surface area (TPSA) is 56.8 Å². The van der Waals surface area contributed by atoms with E-state index in [1.807, 2.05) is 13.8 Å². The molecule has 0 spiro atoms. The highest BCUT2D eigenvalue weighted by Gasteiger charge is 2.14. The summed E-state index contributed by atoms with van der Waals surface area (Å²) >= 11 is 0. The van der Waals surface area contributed by atoms with Crippen molar-refractivity contribution in [1.82, 2.24) is 5.32 Å². The molecule has 0 saturated heterocycles. The Labute approximate surface area is 104 Å². The molecular formula is C12H25NO4. The fraction of sp³-hybridized carbons (Fsp3) is 0.917. The van der Waals surface area contributed by atoms with Crippen molar-refractivity contribution < 1.29 is 19.0 Å². The number of esters is 1. The molecule has 0 aromatic heterocycles. The molecule has 5 heteroatoms. The zero-order valence-electron chi connectivity index (χ0n) is 11.3. The minimum atomic E-state index is -0.293. The molecule has 0 aliphatic carbocycles. The van der Waals surface area contributed by atoms with Crippen LogP contribution in [0.25, 0.3) is 0 Å². The van der Waals surface area contributed by atoms with Crippen LogP contribution in [0.3, 0.4) is 0 Å². The van der Waals surface area contributed by atoms with Gasteiger partial charge in [-0.3, -0.25) is 4.79 Å². The maximum Gasteiger partial charge on any atom is 0.322 e. The van der Waals surface area contributed by atoms with Gasteiger partial charge in [0.15, 0.2) is 6.29 Å². The van der Waals surface area contributed by atoms with Crippen molar-refractivity contribution in [2.24, 2.45) is 0 Å². The van der Waals surface area contributed by atoms with Gasteiger partial charge in [0.2, 0.25) is 0 Å². The Bertz CT molecular complexity index is 193. The molecule has 1 N–H and O–H groups in total. The zero-order chi connectivity index (χ0) is 13.1. The van der Waals surface area contributed by atoms with Crippen molar-refractivity contribution in [3.05, 3.63) is 0 Å². The van der Waals surface area contributed by atoms with Crippen molar-refractivity contribution in [2.45, 2.75) is 46.4 Å². The summed E-state index contributed by atoms with van der Waals surface area (Å²) in [7, 11) is 0. The Morgan fingerprint density at radius 1 is 1.12 bits per heavy atom. The van der Waals surface area contributed by atoms with E-state index < -0.39 is 0 Å². The molecule has 102 valence electrons. The van der Waals surface area contributed by atoms with Crippen LogP contribution in [0.1, 0.15) is 34.1 Å². The molecule has 0 rings (SSSR count). The molecule has 0 heterocycles. The summed E-state index contributed by atoms with van der Waals surface area (Å²) in [5.41, 5.74) is 0. The summed E-state index contributed by atoms with van der Waals surface area (Å²) in [4.78, 5) is 11.3. The number of rotatable bonds is 10. The van der Waals surface area contributed by atoms with Gasteiger partial charge in [0.1, 0.15) is 6.04 Å². The number of hydrogen-bond acceptors (Lipinski definition) is 5. The number of carbonyl (C=O) groups is 1. The molecule has 0 aliphatic rings. The average Bonchev–Trinajstić information content (AvgIpc) is 2.29. The van der Waals surface area contributed by atoms with Crippen LogP contribution in [0.15, 0.2) is 0 Å². The number of ether oxygens (including phenoxy) is 3. The van der Waals surface area contributed by atoms with Gasteiger partial charge in [0.05, 0.1) is 6.61 Å². The Morgan fingerprint density at radius 3 is 2.18 bits per heavy atom. The molecule has 0 aromatic rings. The van der Waals surface area contributed by atoms with Gasteiger partial charge in [-0.05, 0) is 27.7 Å². The van der Waals surface area contributed by atoms with Crippen LogP contribution in [0.4, 0.5) is 0 Å². The third-order valence-electron chi connectivity index (χ3n) is 2.18. The monoisotopic (exact) mass is 247 g/mol. The number of nitrogens with one attached hydrogen (secondary N) is 1. The van der Waals surface area contributed by atoms with Crippen LogP contribution in [0.2, 0.25) is 0 Å². The normalized spacial score (nSPS) is 12.8. The first kappa shape index (κ1) is 16.4. The largest absolute Gasteiger partial charge is 0.465 e. The Kier molecular flexibility index (Phi) is 10.1. The lowest BCUT2D eigenvalue weighted by Crippen LogP contribution is -2.37. The molecule has 0 amide bonds. The fourth-order valence-corrected chi connectivity index (χ4v) is 1.35. The fourth-order valence-electron chi connectivity index (χ4n) is 1.35. The Morgan fingerprint density at radius 2 is 1.71 bits per heavy atom. The van der Waals surface area contributed by atoms with Crippen molar-refractivity contribution in [3.63, 3.8) is 0 Å². The molecule has 5 nitrogen and oxygen atoms in total. The molecular weight excluding hydrogens is 222 g/mol. The van der Waals surface area contributed by atoms with Gasteiger partial charge in [0, 0.05) is 26.2 Å². The SMILES string of the molecule is CCOC(=O)C(C)NCCC(OCC)OCC. The minimum absolute atomic E-state index is 0.202. The predicted molar refractivity (Wildman–Crippen MR) is 65.8 cm³/mol. The lowest BCUT2D eigenvalue weighted by molar-refractivity contribution is -0.147. The second-order valence-corrected chi connectivity index (χ2v) is 3.56. The second kappa shape index (κ2) is 10.5. The molecule has 1 unspecified atom stereocenters. The van der Waals surface area contributed by atoms with E-state index in [-0.39, 0.29) is 18.3 Å². The average molecular weight is 247 g/mol. The van der Waals surface area contributed by atoms with Crippen molar-refractivity contribution >= 4 is 5.97 Å². The summed E-state index contributed by atoms with van der Waals surface area (Å²) in [5.74, 6) is -0.225. The van der Waals surface area contributed by atoms with Crippen LogP contribution >= 0.6 is 0 Å². The third-order valence-corrected chi connectivity index (χ3v) is 2.18. The van der Waals surface area contributed by atoms with E-state index in [0.29, 0.717) is 32.8 Å². The van der Waals surface area contributed by atoms with Crippen LogP contribution in [0.5, 0.6) is 0 Å². The van der Waals surface area contributed by atoms with E-state index in [2.05, 4.69) is 5.32 Å². The summed E-state index contributed by atoms with van der Waals surface area (Å²) in [5, 5.41) is 3.08. The van der Waals surface area contributed by atoms with Gasteiger partial charge in [-0.25, -0.2) is 0 Å². The lowest BCUT2D eigenvalue weighted by Gasteiger charge is -2.18. The van der Waals surface area contributed by atoms with Gasteiger partial charge in [-0.2, -0.15) is 0 Å². The van der Waals surface area contributed by atoms with E-state index in [0.717, 1.165) is 0 Å². The third kappa shape index (κ3) is 8.12. The zero-order valence-corrected chi connectivity index (χ0v) is 11.3. The first-order valence-corrected chi connectivity index (χ1v) is 6.28. The van der Waals surface area contributed by atoms with Gasteiger partial charge in [-0.1, -0.05) is 0 Å². The van der Waals surface area contributed by atoms with Crippen molar-refractivity contribution in [1.29, 1.82) is 0 Å². The molecule has 0 radical (unpaired) electrons. The summed E-state index contributed by atoms with van der Waals surface area (Å²) < 4.78 is 15.7. The van der Waals surface area contributed by atoms with E-state index >= 15 is 0 Å². The first-order chi connectivity index (χ1) is 8.15. The van der Waals surface area contributed by atoms with Crippen LogP contribution in [0, 0.1) is 0 Å². The van der Waals surface area contributed by atoms with Crippen LogP contribution in [-0.2, 0) is 19.0 Å².